The van der Waals surface area contributed by atoms with Gasteiger partial charge in [-0.25, -0.2) is 9.97 Å². The molecule has 0 spiro atoms. The highest BCUT2D eigenvalue weighted by atomic mass is 35.5. The number of halogens is 4. The van der Waals surface area contributed by atoms with Crippen LogP contribution >= 0.6 is 11.6 Å². The van der Waals surface area contributed by atoms with Gasteiger partial charge in [-0.15, -0.1) is 0 Å². The molecule has 176 valence electrons. The summed E-state index contributed by atoms with van der Waals surface area (Å²) in [5, 5.41) is 5.23. The van der Waals surface area contributed by atoms with Crippen molar-refractivity contribution >= 4 is 28.2 Å². The summed E-state index contributed by atoms with van der Waals surface area (Å²) in [6.45, 7) is 2.58. The number of benzene rings is 1. The van der Waals surface area contributed by atoms with Crippen LogP contribution in [0.3, 0.4) is 0 Å². The van der Waals surface area contributed by atoms with Crippen molar-refractivity contribution in [1.82, 2.24) is 19.1 Å². The Morgan fingerprint density at radius 2 is 2.03 bits per heavy atom. The number of hydrogen-bond acceptors (Lipinski definition) is 4. The number of imidazole rings is 1. The molecule has 0 fully saturated rings. The molecule has 0 saturated heterocycles. The summed E-state index contributed by atoms with van der Waals surface area (Å²) in [5.41, 5.74) is 2.96. The molecule has 0 amide bonds. The smallest absolute Gasteiger partial charge is 0.347 e. The lowest BCUT2D eigenvalue weighted by Gasteiger charge is -2.26. The van der Waals surface area contributed by atoms with Gasteiger partial charge in [0.05, 0.1) is 11.3 Å². The van der Waals surface area contributed by atoms with E-state index in [9.17, 15) is 13.2 Å². The number of pyridine rings is 1. The van der Waals surface area contributed by atoms with Crippen molar-refractivity contribution in [2.75, 3.05) is 0 Å². The topological polar surface area (TPSA) is 57.2 Å². The molecule has 5 rings (SSSR count). The first-order valence-electron chi connectivity index (χ1n) is 10.8. The maximum atomic E-state index is 13.0. The molecular formula is C24H21ClF3N5O. The molecule has 0 N–H and O–H groups in total. The summed E-state index contributed by atoms with van der Waals surface area (Å²) >= 11 is 6.05. The molecule has 6 nitrogen and oxygen atoms in total. The Hall–Kier alpha value is -3.33. The summed E-state index contributed by atoms with van der Waals surface area (Å²) < 4.78 is 43.1. The maximum Gasteiger partial charge on any atom is 0.417 e. The molecule has 3 heterocycles. The van der Waals surface area contributed by atoms with Crippen molar-refractivity contribution in [1.29, 1.82) is 0 Å². The van der Waals surface area contributed by atoms with Crippen molar-refractivity contribution < 1.29 is 18.0 Å². The normalized spacial score (nSPS) is 17.4. The van der Waals surface area contributed by atoms with Gasteiger partial charge in [-0.2, -0.15) is 13.2 Å². The van der Waals surface area contributed by atoms with Crippen molar-refractivity contribution in [2.45, 2.75) is 32.5 Å². The summed E-state index contributed by atoms with van der Waals surface area (Å²) in [5.74, 6) is 0.711. The van der Waals surface area contributed by atoms with E-state index in [2.05, 4.69) is 30.3 Å². The minimum absolute atomic E-state index is 0.000528. The van der Waals surface area contributed by atoms with Crippen LogP contribution < -0.4 is 4.84 Å². The number of aryl methyl sites for hydroxylation is 2. The zero-order valence-electron chi connectivity index (χ0n) is 18.5. The Morgan fingerprint density at radius 3 is 2.74 bits per heavy atom. The van der Waals surface area contributed by atoms with E-state index < -0.39 is 11.7 Å². The van der Waals surface area contributed by atoms with Crippen molar-refractivity contribution in [2.24, 2.45) is 18.1 Å². The molecule has 3 aromatic heterocycles. The standard InChI is InChI=1S/C24H21ClF3N5O/c1-14-29-9-10-33(14)13-15-7-8-20-21(17-5-3-4-6-19(17)32(20)2)22(15)31-34-23-18(25)11-16(12-30-23)24(26,27)28/h3-6,9-12,15H,7-8,13H2,1-2H3/b31-22+. The van der Waals surface area contributed by atoms with Crippen LogP contribution in [0.4, 0.5) is 13.2 Å². The van der Waals surface area contributed by atoms with E-state index in [-0.39, 0.29) is 16.8 Å². The number of rotatable bonds is 4. The largest absolute Gasteiger partial charge is 0.417 e. The highest BCUT2D eigenvalue weighted by Crippen LogP contribution is 2.36. The van der Waals surface area contributed by atoms with Crippen molar-refractivity contribution in [3.8, 4) is 5.88 Å². The number of oxime groups is 1. The molecule has 1 aliphatic rings. The van der Waals surface area contributed by atoms with E-state index in [1.165, 1.54) is 0 Å². The van der Waals surface area contributed by atoms with Gasteiger partial charge in [0, 0.05) is 60.3 Å². The van der Waals surface area contributed by atoms with Crippen LogP contribution in [-0.2, 0) is 26.2 Å². The monoisotopic (exact) mass is 487 g/mol. The number of fused-ring (bicyclic) bond motifs is 3. The second kappa shape index (κ2) is 8.47. The molecule has 0 radical (unpaired) electrons. The first-order chi connectivity index (χ1) is 16.2. The molecule has 1 unspecified atom stereocenters. The predicted molar refractivity (Wildman–Crippen MR) is 123 cm³/mol. The van der Waals surface area contributed by atoms with Crippen LogP contribution in [0.15, 0.2) is 54.1 Å². The third-order valence-electron chi connectivity index (χ3n) is 6.31. The van der Waals surface area contributed by atoms with Gasteiger partial charge in [0.1, 0.15) is 10.8 Å². The molecule has 1 aromatic carbocycles. The van der Waals surface area contributed by atoms with Crippen LogP contribution in [0.2, 0.25) is 5.02 Å². The van der Waals surface area contributed by atoms with Gasteiger partial charge in [-0.1, -0.05) is 35.0 Å². The lowest BCUT2D eigenvalue weighted by molar-refractivity contribution is -0.137. The Kier molecular flexibility index (Phi) is 5.59. The minimum atomic E-state index is -4.55. The predicted octanol–water partition coefficient (Wildman–Crippen LogP) is 5.80. The fourth-order valence-electron chi connectivity index (χ4n) is 4.55. The van der Waals surface area contributed by atoms with Crippen LogP contribution in [-0.4, -0.2) is 24.8 Å². The average Bonchev–Trinajstić information content (AvgIpc) is 3.34. The fourth-order valence-corrected chi connectivity index (χ4v) is 4.75. The molecule has 0 aliphatic heterocycles. The minimum Gasteiger partial charge on any atom is -0.347 e. The van der Waals surface area contributed by atoms with Crippen LogP contribution in [0, 0.1) is 12.8 Å². The molecule has 0 bridgehead atoms. The number of para-hydroxylation sites is 1. The number of nitrogens with zero attached hydrogens (tertiary/aromatic N) is 5. The zero-order chi connectivity index (χ0) is 24.0. The van der Waals surface area contributed by atoms with Gasteiger partial charge in [0.15, 0.2) is 0 Å². The van der Waals surface area contributed by atoms with Crippen molar-refractivity contribution in [3.05, 3.63) is 76.6 Å². The van der Waals surface area contributed by atoms with E-state index in [1.807, 2.05) is 38.4 Å². The molecule has 1 atom stereocenters. The number of alkyl halides is 3. The fraction of sp³-hybridized carbons (Fsp3) is 0.292. The molecule has 4 aromatic rings. The summed E-state index contributed by atoms with van der Waals surface area (Å²) in [6, 6.07) is 8.84. The Bertz CT molecular complexity index is 1410. The Morgan fingerprint density at radius 1 is 1.24 bits per heavy atom. The van der Waals surface area contributed by atoms with Crippen molar-refractivity contribution in [3.63, 3.8) is 0 Å². The highest BCUT2D eigenvalue weighted by molar-refractivity contribution is 6.31. The van der Waals surface area contributed by atoms with E-state index in [4.69, 9.17) is 16.4 Å². The first kappa shape index (κ1) is 22.5. The van der Waals surface area contributed by atoms with Gasteiger partial charge in [-0.3, -0.25) is 0 Å². The first-order valence-corrected chi connectivity index (χ1v) is 11.1. The van der Waals surface area contributed by atoms with Crippen LogP contribution in [0.25, 0.3) is 10.9 Å². The zero-order valence-corrected chi connectivity index (χ0v) is 19.2. The molecule has 0 saturated carbocycles. The SMILES string of the molecule is Cc1nccn1CC1CCc2c(c3ccccc3n2C)/C1=N/Oc1ncc(C(F)(F)F)cc1Cl. The molecule has 1 aliphatic carbocycles. The second-order valence-electron chi connectivity index (χ2n) is 8.34. The Labute approximate surface area is 198 Å². The van der Waals surface area contributed by atoms with Gasteiger partial charge < -0.3 is 14.0 Å². The number of aromatic nitrogens is 4. The molecular weight excluding hydrogens is 467 g/mol. The van der Waals surface area contributed by atoms with Crippen LogP contribution in [0.5, 0.6) is 5.88 Å². The molecule has 34 heavy (non-hydrogen) atoms. The van der Waals surface area contributed by atoms with E-state index in [0.717, 1.165) is 46.9 Å². The highest BCUT2D eigenvalue weighted by Gasteiger charge is 2.33. The summed E-state index contributed by atoms with van der Waals surface area (Å²) in [7, 11) is 2.02. The van der Waals surface area contributed by atoms with E-state index in [0.29, 0.717) is 18.5 Å². The molecule has 10 heteroatoms. The number of hydrogen-bond donors (Lipinski definition) is 0. The summed E-state index contributed by atoms with van der Waals surface area (Å²) in [6.07, 6.45) is 1.50. The van der Waals surface area contributed by atoms with Gasteiger partial charge in [0.25, 0.3) is 5.88 Å². The summed E-state index contributed by atoms with van der Waals surface area (Å²) in [4.78, 5) is 13.7. The quantitative estimate of drug-likeness (QED) is 0.342. The average molecular weight is 488 g/mol. The van der Waals surface area contributed by atoms with Gasteiger partial charge in [0.2, 0.25) is 0 Å². The third kappa shape index (κ3) is 3.94. The maximum absolute atomic E-state index is 13.0. The van der Waals surface area contributed by atoms with E-state index in [1.54, 1.807) is 6.20 Å². The second-order valence-corrected chi connectivity index (χ2v) is 8.74. The lowest BCUT2D eigenvalue weighted by Crippen LogP contribution is -2.28. The van der Waals surface area contributed by atoms with Crippen LogP contribution in [0.1, 0.15) is 29.1 Å². The van der Waals surface area contributed by atoms with Gasteiger partial charge >= 0.3 is 6.18 Å². The Balaban J connectivity index is 1.58. The van der Waals surface area contributed by atoms with Gasteiger partial charge in [-0.05, 0) is 31.9 Å². The van der Waals surface area contributed by atoms with E-state index >= 15 is 0 Å². The third-order valence-corrected chi connectivity index (χ3v) is 6.58. The lowest BCUT2D eigenvalue weighted by atomic mass is 9.84.